The summed E-state index contributed by atoms with van der Waals surface area (Å²) in [6.45, 7) is 4.84. The summed E-state index contributed by atoms with van der Waals surface area (Å²) in [7, 11) is 0. The van der Waals surface area contributed by atoms with Crippen LogP contribution in [0.4, 0.5) is 5.82 Å². The van der Waals surface area contributed by atoms with E-state index >= 15 is 0 Å². The average Bonchev–Trinajstić information content (AvgIpc) is 2.50. The Labute approximate surface area is 123 Å². The number of hydrogen-bond donors (Lipinski definition) is 1. The largest absolute Gasteiger partial charge is 0.494 e. The summed E-state index contributed by atoms with van der Waals surface area (Å²) < 4.78 is 10.8. The molecular weight excluding hydrogens is 268 g/mol. The van der Waals surface area contributed by atoms with Crippen molar-refractivity contribution in [2.24, 2.45) is 0 Å². The third-order valence-electron chi connectivity index (χ3n) is 2.71. The van der Waals surface area contributed by atoms with Gasteiger partial charge in [-0.3, -0.25) is 4.79 Å². The number of ether oxygens (including phenoxy) is 2. The zero-order valence-corrected chi connectivity index (χ0v) is 12.1. The summed E-state index contributed by atoms with van der Waals surface area (Å²) in [6.07, 6.45) is 1.61. The van der Waals surface area contributed by atoms with Gasteiger partial charge in [-0.1, -0.05) is 6.07 Å². The average molecular weight is 286 g/mol. The minimum Gasteiger partial charge on any atom is -0.494 e. The van der Waals surface area contributed by atoms with Gasteiger partial charge in [0.15, 0.2) is 11.6 Å². The molecule has 5 nitrogen and oxygen atoms in total. The lowest BCUT2D eigenvalue weighted by Gasteiger charge is -2.10. The van der Waals surface area contributed by atoms with Crippen molar-refractivity contribution in [3.05, 3.63) is 48.2 Å². The monoisotopic (exact) mass is 286 g/mol. The summed E-state index contributed by atoms with van der Waals surface area (Å²) in [4.78, 5) is 16.4. The molecule has 0 bridgehead atoms. The molecule has 0 unspecified atom stereocenters. The van der Waals surface area contributed by atoms with Crippen LogP contribution in [-0.2, 0) is 0 Å². The number of rotatable bonds is 6. The number of nitrogens with one attached hydrogen (secondary N) is 1. The first-order chi connectivity index (χ1) is 10.2. The second-order valence-electron chi connectivity index (χ2n) is 4.20. The van der Waals surface area contributed by atoms with Crippen molar-refractivity contribution in [3.63, 3.8) is 0 Å². The zero-order chi connectivity index (χ0) is 15.1. The first-order valence-corrected chi connectivity index (χ1v) is 6.86. The highest BCUT2D eigenvalue weighted by molar-refractivity contribution is 6.04. The normalized spacial score (nSPS) is 10.0. The maximum absolute atomic E-state index is 12.3. The molecule has 1 amide bonds. The second-order valence-corrected chi connectivity index (χ2v) is 4.20. The Kier molecular flexibility index (Phi) is 5.15. The second kappa shape index (κ2) is 7.28. The van der Waals surface area contributed by atoms with E-state index in [1.165, 1.54) is 0 Å². The van der Waals surface area contributed by atoms with Crippen molar-refractivity contribution in [2.75, 3.05) is 18.5 Å². The quantitative estimate of drug-likeness (QED) is 0.886. The van der Waals surface area contributed by atoms with E-state index in [4.69, 9.17) is 9.47 Å². The van der Waals surface area contributed by atoms with Gasteiger partial charge in [0, 0.05) is 11.8 Å². The molecule has 0 aliphatic rings. The number of carbonyl (C=O) groups excluding carboxylic acids is 1. The van der Waals surface area contributed by atoms with Crippen LogP contribution in [0.3, 0.4) is 0 Å². The van der Waals surface area contributed by atoms with Crippen LogP contribution < -0.4 is 14.8 Å². The fourth-order valence-corrected chi connectivity index (χ4v) is 1.83. The Morgan fingerprint density at radius 3 is 2.71 bits per heavy atom. The van der Waals surface area contributed by atoms with E-state index in [-0.39, 0.29) is 5.91 Å². The molecule has 2 aromatic rings. The maximum Gasteiger partial charge on any atom is 0.257 e. The fourth-order valence-electron chi connectivity index (χ4n) is 1.83. The SMILES string of the molecule is CCOc1cccc(C(=O)Nc2ncccc2OCC)c1. The van der Waals surface area contributed by atoms with E-state index in [0.29, 0.717) is 36.1 Å². The molecule has 0 saturated carbocycles. The van der Waals surface area contributed by atoms with Gasteiger partial charge >= 0.3 is 0 Å². The summed E-state index contributed by atoms with van der Waals surface area (Å²) in [5.74, 6) is 1.37. The highest BCUT2D eigenvalue weighted by atomic mass is 16.5. The molecule has 2 rings (SSSR count). The lowest BCUT2D eigenvalue weighted by molar-refractivity contribution is 0.102. The minimum atomic E-state index is -0.254. The van der Waals surface area contributed by atoms with Crippen LogP contribution >= 0.6 is 0 Å². The molecule has 0 saturated heterocycles. The molecule has 0 radical (unpaired) electrons. The predicted molar refractivity (Wildman–Crippen MR) is 81.0 cm³/mol. The fraction of sp³-hybridized carbons (Fsp3) is 0.250. The van der Waals surface area contributed by atoms with Crippen LogP contribution in [0, 0.1) is 0 Å². The lowest BCUT2D eigenvalue weighted by Crippen LogP contribution is -2.14. The number of benzene rings is 1. The molecule has 0 fully saturated rings. The van der Waals surface area contributed by atoms with E-state index < -0.39 is 0 Å². The van der Waals surface area contributed by atoms with Crippen LogP contribution in [-0.4, -0.2) is 24.1 Å². The molecule has 1 N–H and O–H groups in total. The Hall–Kier alpha value is -2.56. The van der Waals surface area contributed by atoms with Crippen molar-refractivity contribution < 1.29 is 14.3 Å². The first-order valence-electron chi connectivity index (χ1n) is 6.86. The number of anilines is 1. The smallest absolute Gasteiger partial charge is 0.257 e. The van der Waals surface area contributed by atoms with E-state index in [1.54, 1.807) is 36.5 Å². The molecule has 21 heavy (non-hydrogen) atoms. The molecule has 0 spiro atoms. The minimum absolute atomic E-state index is 0.254. The molecule has 5 heteroatoms. The van der Waals surface area contributed by atoms with Gasteiger partial charge < -0.3 is 14.8 Å². The zero-order valence-electron chi connectivity index (χ0n) is 12.1. The standard InChI is InChI=1S/C16H18N2O3/c1-3-20-13-8-5-7-12(11-13)16(19)18-15-14(21-4-2)9-6-10-17-15/h5-11H,3-4H2,1-2H3,(H,17,18,19). The molecule has 0 aliphatic carbocycles. The molecule has 0 atom stereocenters. The van der Waals surface area contributed by atoms with E-state index in [9.17, 15) is 4.79 Å². The number of nitrogens with zero attached hydrogens (tertiary/aromatic N) is 1. The van der Waals surface area contributed by atoms with Crippen molar-refractivity contribution in [2.45, 2.75) is 13.8 Å². The third-order valence-corrected chi connectivity index (χ3v) is 2.71. The first kappa shape index (κ1) is 14.8. The van der Waals surface area contributed by atoms with Crippen molar-refractivity contribution in [3.8, 4) is 11.5 Å². The van der Waals surface area contributed by atoms with Gasteiger partial charge in [0.05, 0.1) is 13.2 Å². The summed E-state index contributed by atoms with van der Waals surface area (Å²) in [5.41, 5.74) is 0.508. The van der Waals surface area contributed by atoms with E-state index in [2.05, 4.69) is 10.3 Å². The third kappa shape index (κ3) is 3.95. The molecular formula is C16H18N2O3. The van der Waals surface area contributed by atoms with Crippen LogP contribution in [0.1, 0.15) is 24.2 Å². The van der Waals surface area contributed by atoms with Crippen LogP contribution in [0.25, 0.3) is 0 Å². The highest BCUT2D eigenvalue weighted by Gasteiger charge is 2.11. The van der Waals surface area contributed by atoms with Gasteiger partial charge in [-0.25, -0.2) is 4.98 Å². The number of aromatic nitrogens is 1. The topological polar surface area (TPSA) is 60.5 Å². The predicted octanol–water partition coefficient (Wildman–Crippen LogP) is 3.13. The Morgan fingerprint density at radius 1 is 1.14 bits per heavy atom. The van der Waals surface area contributed by atoms with Crippen molar-refractivity contribution >= 4 is 11.7 Å². The van der Waals surface area contributed by atoms with Crippen molar-refractivity contribution in [1.82, 2.24) is 4.98 Å². The number of hydrogen-bond acceptors (Lipinski definition) is 4. The van der Waals surface area contributed by atoms with E-state index in [1.807, 2.05) is 19.9 Å². The van der Waals surface area contributed by atoms with Crippen LogP contribution in [0.5, 0.6) is 11.5 Å². The van der Waals surface area contributed by atoms with Gasteiger partial charge in [-0.05, 0) is 44.2 Å². The van der Waals surface area contributed by atoms with Gasteiger partial charge in [-0.2, -0.15) is 0 Å². The van der Waals surface area contributed by atoms with Crippen LogP contribution in [0.15, 0.2) is 42.6 Å². The van der Waals surface area contributed by atoms with Crippen molar-refractivity contribution in [1.29, 1.82) is 0 Å². The number of carbonyl (C=O) groups is 1. The van der Waals surface area contributed by atoms with Gasteiger partial charge in [0.25, 0.3) is 5.91 Å². The molecule has 1 aromatic carbocycles. The Morgan fingerprint density at radius 2 is 1.95 bits per heavy atom. The molecule has 1 aromatic heterocycles. The van der Waals surface area contributed by atoms with Crippen LogP contribution in [0.2, 0.25) is 0 Å². The van der Waals surface area contributed by atoms with Gasteiger partial charge in [0.1, 0.15) is 5.75 Å². The van der Waals surface area contributed by atoms with E-state index in [0.717, 1.165) is 0 Å². The van der Waals surface area contributed by atoms with Gasteiger partial charge in [-0.15, -0.1) is 0 Å². The highest BCUT2D eigenvalue weighted by Crippen LogP contribution is 2.22. The summed E-state index contributed by atoms with van der Waals surface area (Å²) >= 11 is 0. The summed E-state index contributed by atoms with van der Waals surface area (Å²) in [6, 6.07) is 10.5. The summed E-state index contributed by atoms with van der Waals surface area (Å²) in [5, 5.41) is 2.75. The number of amides is 1. The Balaban J connectivity index is 2.16. The molecule has 1 heterocycles. The van der Waals surface area contributed by atoms with Gasteiger partial charge in [0.2, 0.25) is 0 Å². The Bertz CT molecular complexity index is 614. The molecule has 0 aliphatic heterocycles. The lowest BCUT2D eigenvalue weighted by atomic mass is 10.2. The number of pyridine rings is 1. The molecule has 110 valence electrons. The maximum atomic E-state index is 12.3.